The Bertz CT molecular complexity index is 457. The first-order valence-corrected chi connectivity index (χ1v) is 6.09. The van der Waals surface area contributed by atoms with Crippen molar-refractivity contribution in [1.29, 1.82) is 0 Å². The van der Waals surface area contributed by atoms with Gasteiger partial charge in [-0.3, -0.25) is 10.1 Å². The first-order chi connectivity index (χ1) is 8.49. The molecule has 0 aliphatic carbocycles. The van der Waals surface area contributed by atoms with Crippen LogP contribution >= 0.6 is 0 Å². The molecule has 18 heavy (non-hydrogen) atoms. The van der Waals surface area contributed by atoms with Gasteiger partial charge in [0.1, 0.15) is 5.69 Å². The fourth-order valence-corrected chi connectivity index (χ4v) is 2.50. The summed E-state index contributed by atoms with van der Waals surface area (Å²) in [6.07, 6.45) is 1.13. The van der Waals surface area contributed by atoms with E-state index in [-0.39, 0.29) is 10.6 Å². The van der Waals surface area contributed by atoms with Crippen molar-refractivity contribution in [2.24, 2.45) is 13.0 Å². The van der Waals surface area contributed by atoms with Crippen LogP contribution in [0.2, 0.25) is 0 Å². The summed E-state index contributed by atoms with van der Waals surface area (Å²) in [5.41, 5.74) is 0.539. The van der Waals surface area contributed by atoms with Crippen molar-refractivity contribution >= 4 is 11.5 Å². The monoisotopic (exact) mass is 253 g/mol. The van der Waals surface area contributed by atoms with Crippen LogP contribution in [0.5, 0.6) is 0 Å². The normalized spacial score (nSPS) is 20.3. The van der Waals surface area contributed by atoms with Crippen molar-refractivity contribution in [2.75, 3.05) is 32.0 Å². The molecule has 1 aromatic rings. The molecule has 1 atom stereocenters. The van der Waals surface area contributed by atoms with Gasteiger partial charge in [0.2, 0.25) is 5.82 Å². The third-order valence-corrected chi connectivity index (χ3v) is 3.42. The number of rotatable bonds is 4. The summed E-state index contributed by atoms with van der Waals surface area (Å²) in [5, 5.41) is 18.3. The Morgan fingerprint density at radius 2 is 2.28 bits per heavy atom. The van der Waals surface area contributed by atoms with Crippen LogP contribution in [-0.2, 0) is 7.05 Å². The highest BCUT2D eigenvalue weighted by Gasteiger charge is 2.25. The van der Waals surface area contributed by atoms with Gasteiger partial charge >= 0.3 is 5.69 Å². The summed E-state index contributed by atoms with van der Waals surface area (Å²) in [7, 11) is 3.82. The van der Waals surface area contributed by atoms with Crippen molar-refractivity contribution < 1.29 is 4.92 Å². The van der Waals surface area contributed by atoms with Gasteiger partial charge in [0, 0.05) is 20.1 Å². The van der Waals surface area contributed by atoms with Gasteiger partial charge in [-0.15, -0.1) is 0 Å². The number of aryl methyl sites for hydroxylation is 2. The summed E-state index contributed by atoms with van der Waals surface area (Å²) < 4.78 is 1.55. The van der Waals surface area contributed by atoms with E-state index in [1.807, 2.05) is 0 Å². The second-order valence-corrected chi connectivity index (χ2v) is 4.96. The summed E-state index contributed by atoms with van der Waals surface area (Å²) in [6.45, 7) is 4.55. The van der Waals surface area contributed by atoms with Crippen LogP contribution in [-0.4, -0.2) is 46.3 Å². The number of nitro groups is 1. The number of likely N-dealkylation sites (tertiary alicyclic amines) is 1. The number of aromatic nitrogens is 2. The molecule has 1 aliphatic rings. The van der Waals surface area contributed by atoms with Gasteiger partial charge < -0.3 is 10.2 Å². The van der Waals surface area contributed by atoms with Crippen molar-refractivity contribution in [2.45, 2.75) is 13.3 Å². The fraction of sp³-hybridized carbons (Fsp3) is 0.727. The predicted molar refractivity (Wildman–Crippen MR) is 68.7 cm³/mol. The van der Waals surface area contributed by atoms with Crippen LogP contribution in [0.4, 0.5) is 11.5 Å². The first-order valence-electron chi connectivity index (χ1n) is 6.09. The van der Waals surface area contributed by atoms with E-state index in [0.29, 0.717) is 17.4 Å². The van der Waals surface area contributed by atoms with Crippen molar-refractivity contribution in [3.8, 4) is 0 Å². The molecular weight excluding hydrogens is 234 g/mol. The lowest BCUT2D eigenvalue weighted by atomic mass is 10.1. The minimum atomic E-state index is -0.370. The van der Waals surface area contributed by atoms with Gasteiger partial charge in [0.05, 0.1) is 4.92 Å². The second-order valence-electron chi connectivity index (χ2n) is 4.96. The van der Waals surface area contributed by atoms with Gasteiger partial charge in [-0.25, -0.2) is 4.68 Å². The van der Waals surface area contributed by atoms with Crippen molar-refractivity contribution in [3.63, 3.8) is 0 Å². The summed E-state index contributed by atoms with van der Waals surface area (Å²) in [6, 6.07) is 0. The topological polar surface area (TPSA) is 76.2 Å². The Hall–Kier alpha value is -1.63. The Morgan fingerprint density at radius 1 is 1.56 bits per heavy atom. The van der Waals surface area contributed by atoms with E-state index in [0.717, 1.165) is 26.1 Å². The molecule has 1 aliphatic heterocycles. The molecule has 0 bridgehead atoms. The fourth-order valence-electron chi connectivity index (χ4n) is 2.50. The highest BCUT2D eigenvalue weighted by molar-refractivity contribution is 5.59. The average molecular weight is 253 g/mol. The van der Waals surface area contributed by atoms with Crippen LogP contribution in [0.3, 0.4) is 0 Å². The van der Waals surface area contributed by atoms with Gasteiger partial charge in [-0.1, -0.05) is 0 Å². The molecule has 1 fully saturated rings. The van der Waals surface area contributed by atoms with Gasteiger partial charge in [-0.2, -0.15) is 5.10 Å². The minimum absolute atomic E-state index is 0.0869. The van der Waals surface area contributed by atoms with Gasteiger partial charge in [0.25, 0.3) is 0 Å². The molecule has 2 heterocycles. The van der Waals surface area contributed by atoms with E-state index in [1.54, 1.807) is 18.7 Å². The zero-order valence-electron chi connectivity index (χ0n) is 11.0. The SMILES string of the molecule is Cc1nn(C)c(NCC2CCN(C)C2)c1[N+](=O)[O-]. The molecule has 0 spiro atoms. The lowest BCUT2D eigenvalue weighted by Crippen LogP contribution is -2.20. The molecular formula is C11H19N5O2. The molecule has 7 heteroatoms. The smallest absolute Gasteiger partial charge is 0.333 e. The summed E-state index contributed by atoms with van der Waals surface area (Å²) in [5.74, 6) is 1.05. The molecule has 1 saturated heterocycles. The minimum Gasteiger partial charge on any atom is -0.364 e. The maximum absolute atomic E-state index is 11.0. The molecule has 7 nitrogen and oxygen atoms in total. The van der Waals surface area contributed by atoms with E-state index < -0.39 is 0 Å². The second kappa shape index (κ2) is 4.93. The van der Waals surface area contributed by atoms with Crippen LogP contribution in [0.15, 0.2) is 0 Å². The Kier molecular flexibility index (Phi) is 3.51. The highest BCUT2D eigenvalue weighted by Crippen LogP contribution is 2.27. The zero-order valence-corrected chi connectivity index (χ0v) is 11.0. The first kappa shape index (κ1) is 12.8. The maximum Gasteiger partial charge on any atom is 0.333 e. The third kappa shape index (κ3) is 2.45. The average Bonchev–Trinajstić information content (AvgIpc) is 2.79. The highest BCUT2D eigenvalue weighted by atomic mass is 16.6. The molecule has 0 aromatic carbocycles. The maximum atomic E-state index is 11.0. The summed E-state index contributed by atoms with van der Waals surface area (Å²) in [4.78, 5) is 12.9. The van der Waals surface area contributed by atoms with Gasteiger partial charge in [0.15, 0.2) is 0 Å². The lowest BCUT2D eigenvalue weighted by molar-refractivity contribution is -0.384. The van der Waals surface area contributed by atoms with Crippen LogP contribution in [0.1, 0.15) is 12.1 Å². The standard InChI is InChI=1S/C11H19N5O2/c1-8-10(16(17)18)11(15(3)13-8)12-6-9-4-5-14(2)7-9/h9,12H,4-7H2,1-3H3. The molecule has 0 radical (unpaired) electrons. The largest absolute Gasteiger partial charge is 0.364 e. The molecule has 0 saturated carbocycles. The predicted octanol–water partition coefficient (Wildman–Crippen LogP) is 1.00. The van der Waals surface area contributed by atoms with Crippen molar-refractivity contribution in [3.05, 3.63) is 15.8 Å². The number of nitrogens with zero attached hydrogens (tertiary/aromatic N) is 4. The van der Waals surface area contributed by atoms with Crippen LogP contribution < -0.4 is 5.32 Å². The number of anilines is 1. The van der Waals surface area contributed by atoms with E-state index in [2.05, 4.69) is 22.4 Å². The number of nitrogens with one attached hydrogen (secondary N) is 1. The number of hydrogen-bond acceptors (Lipinski definition) is 5. The summed E-state index contributed by atoms with van der Waals surface area (Å²) >= 11 is 0. The van der Waals surface area contributed by atoms with Crippen molar-refractivity contribution in [1.82, 2.24) is 14.7 Å². The molecule has 1 N–H and O–H groups in total. The Balaban J connectivity index is 2.07. The zero-order chi connectivity index (χ0) is 13.3. The van der Waals surface area contributed by atoms with Crippen LogP contribution in [0.25, 0.3) is 0 Å². The van der Waals surface area contributed by atoms with E-state index >= 15 is 0 Å². The molecule has 2 rings (SSSR count). The van der Waals surface area contributed by atoms with Gasteiger partial charge in [-0.05, 0) is 32.9 Å². The Labute approximate surface area is 106 Å². The lowest BCUT2D eigenvalue weighted by Gasteiger charge is -2.12. The van der Waals surface area contributed by atoms with Crippen LogP contribution in [0, 0.1) is 23.0 Å². The molecule has 1 aromatic heterocycles. The quantitative estimate of drug-likeness (QED) is 0.640. The van der Waals surface area contributed by atoms with E-state index in [1.165, 1.54) is 0 Å². The third-order valence-electron chi connectivity index (χ3n) is 3.42. The van der Waals surface area contributed by atoms with E-state index in [4.69, 9.17) is 0 Å². The Morgan fingerprint density at radius 3 is 2.83 bits per heavy atom. The molecule has 100 valence electrons. The van der Waals surface area contributed by atoms with E-state index in [9.17, 15) is 10.1 Å². The number of hydrogen-bond donors (Lipinski definition) is 1. The molecule has 1 unspecified atom stereocenters. The molecule has 0 amide bonds.